The Kier molecular flexibility index (Phi) is 3.44. The zero-order chi connectivity index (χ0) is 7.28. The predicted octanol–water partition coefficient (Wildman–Crippen LogP) is 1.45. The number of allylic oxidation sites excluding steroid dienone is 1. The smallest absolute Gasteiger partial charge is 0.310 e. The molecule has 0 fully saturated rings. The van der Waals surface area contributed by atoms with Crippen molar-refractivity contribution in [2.75, 3.05) is 0 Å². The lowest BCUT2D eigenvalue weighted by molar-refractivity contribution is -0.139. The summed E-state index contributed by atoms with van der Waals surface area (Å²) in [6.07, 6.45) is 3.43. The van der Waals surface area contributed by atoms with Crippen LogP contribution in [0.3, 0.4) is 0 Å². The van der Waals surface area contributed by atoms with E-state index in [-0.39, 0.29) is 0 Å². The third kappa shape index (κ3) is 2.69. The van der Waals surface area contributed by atoms with E-state index in [4.69, 9.17) is 5.11 Å². The Bertz CT molecular complexity index is 127. The van der Waals surface area contributed by atoms with Gasteiger partial charge < -0.3 is 5.11 Å². The van der Waals surface area contributed by atoms with E-state index >= 15 is 0 Å². The highest BCUT2D eigenvalue weighted by Crippen LogP contribution is 2.03. The summed E-state index contributed by atoms with van der Waals surface area (Å²) in [5.74, 6) is -1.31. The van der Waals surface area contributed by atoms with Crippen LogP contribution in [-0.4, -0.2) is 11.1 Å². The second-order valence-corrected chi connectivity index (χ2v) is 1.70. The number of carboxylic acid groups (broad SMARTS) is 1. The van der Waals surface area contributed by atoms with Crippen LogP contribution >= 0.6 is 0 Å². The first-order valence-electron chi connectivity index (χ1n) is 2.68. The molecule has 0 heterocycles. The SMILES string of the molecule is C=CC[C@H](C=C)C(=O)O. The summed E-state index contributed by atoms with van der Waals surface area (Å²) in [5.41, 5.74) is 0. The van der Waals surface area contributed by atoms with E-state index < -0.39 is 11.9 Å². The fourth-order valence-electron chi connectivity index (χ4n) is 0.477. The van der Waals surface area contributed by atoms with Gasteiger partial charge in [0.25, 0.3) is 0 Å². The van der Waals surface area contributed by atoms with Crippen molar-refractivity contribution >= 4 is 5.97 Å². The third-order valence-electron chi connectivity index (χ3n) is 1.02. The van der Waals surface area contributed by atoms with Gasteiger partial charge in [-0.3, -0.25) is 4.79 Å². The summed E-state index contributed by atoms with van der Waals surface area (Å²) < 4.78 is 0. The zero-order valence-electron chi connectivity index (χ0n) is 5.21. The maximum atomic E-state index is 10.2. The quantitative estimate of drug-likeness (QED) is 0.579. The Morgan fingerprint density at radius 3 is 2.33 bits per heavy atom. The minimum absolute atomic E-state index is 0.457. The molecule has 50 valence electrons. The Morgan fingerprint density at radius 2 is 2.22 bits per heavy atom. The van der Waals surface area contributed by atoms with Crippen LogP contribution in [0.25, 0.3) is 0 Å². The average molecular weight is 126 g/mol. The number of carbonyl (C=O) groups is 1. The number of aliphatic carboxylic acids is 1. The molecule has 0 aromatic heterocycles. The number of carboxylic acids is 1. The van der Waals surface area contributed by atoms with Gasteiger partial charge in [0.15, 0.2) is 0 Å². The highest BCUT2D eigenvalue weighted by molar-refractivity contribution is 5.72. The van der Waals surface area contributed by atoms with Crippen molar-refractivity contribution < 1.29 is 9.90 Å². The second kappa shape index (κ2) is 3.89. The molecule has 0 amide bonds. The van der Waals surface area contributed by atoms with E-state index in [0.29, 0.717) is 6.42 Å². The van der Waals surface area contributed by atoms with Crippen molar-refractivity contribution in [1.29, 1.82) is 0 Å². The molecular weight excluding hydrogens is 116 g/mol. The summed E-state index contributed by atoms with van der Waals surface area (Å²) >= 11 is 0. The lowest BCUT2D eigenvalue weighted by Crippen LogP contribution is -2.08. The van der Waals surface area contributed by atoms with Gasteiger partial charge in [-0.05, 0) is 6.42 Å². The van der Waals surface area contributed by atoms with E-state index in [1.807, 2.05) is 0 Å². The van der Waals surface area contributed by atoms with Crippen molar-refractivity contribution in [2.24, 2.45) is 5.92 Å². The molecule has 0 aliphatic heterocycles. The van der Waals surface area contributed by atoms with Crippen molar-refractivity contribution in [3.63, 3.8) is 0 Å². The number of hydrogen-bond donors (Lipinski definition) is 1. The maximum Gasteiger partial charge on any atom is 0.310 e. The van der Waals surface area contributed by atoms with Gasteiger partial charge in [-0.1, -0.05) is 12.2 Å². The summed E-state index contributed by atoms with van der Waals surface area (Å²) in [6.45, 7) is 6.79. The fraction of sp³-hybridized carbons (Fsp3) is 0.286. The van der Waals surface area contributed by atoms with E-state index in [1.54, 1.807) is 6.08 Å². The predicted molar refractivity (Wildman–Crippen MR) is 36.1 cm³/mol. The minimum atomic E-state index is -0.843. The molecule has 0 aromatic carbocycles. The Morgan fingerprint density at radius 1 is 1.67 bits per heavy atom. The minimum Gasteiger partial charge on any atom is -0.481 e. The molecule has 2 nitrogen and oxygen atoms in total. The molecule has 1 atom stereocenters. The molecule has 0 saturated carbocycles. The van der Waals surface area contributed by atoms with Gasteiger partial charge in [0.2, 0.25) is 0 Å². The molecule has 0 unspecified atom stereocenters. The largest absolute Gasteiger partial charge is 0.481 e. The van der Waals surface area contributed by atoms with Gasteiger partial charge in [-0.2, -0.15) is 0 Å². The van der Waals surface area contributed by atoms with Gasteiger partial charge >= 0.3 is 5.97 Å². The van der Waals surface area contributed by atoms with Crippen LogP contribution in [0.5, 0.6) is 0 Å². The van der Waals surface area contributed by atoms with Crippen LogP contribution in [0.2, 0.25) is 0 Å². The molecule has 9 heavy (non-hydrogen) atoms. The topological polar surface area (TPSA) is 37.3 Å². The molecular formula is C7H10O2. The monoisotopic (exact) mass is 126 g/mol. The standard InChI is InChI=1S/C7H10O2/c1-3-5-6(4-2)7(8)9/h3-4,6H,1-2,5H2,(H,8,9)/t6-/m0/s1. The van der Waals surface area contributed by atoms with Gasteiger partial charge in [0, 0.05) is 0 Å². The van der Waals surface area contributed by atoms with Gasteiger partial charge in [-0.25, -0.2) is 0 Å². The van der Waals surface area contributed by atoms with Gasteiger partial charge in [0.05, 0.1) is 5.92 Å². The van der Waals surface area contributed by atoms with Crippen LogP contribution < -0.4 is 0 Å². The van der Waals surface area contributed by atoms with Crippen LogP contribution in [0, 0.1) is 5.92 Å². The first-order chi connectivity index (χ1) is 4.22. The second-order valence-electron chi connectivity index (χ2n) is 1.70. The van der Waals surface area contributed by atoms with Crippen molar-refractivity contribution in [3.8, 4) is 0 Å². The molecule has 0 spiro atoms. The highest BCUT2D eigenvalue weighted by atomic mass is 16.4. The van der Waals surface area contributed by atoms with Crippen molar-refractivity contribution in [2.45, 2.75) is 6.42 Å². The van der Waals surface area contributed by atoms with Crippen LogP contribution in [0.1, 0.15) is 6.42 Å². The average Bonchev–Trinajstić information content (AvgIpc) is 1.82. The van der Waals surface area contributed by atoms with E-state index in [9.17, 15) is 4.79 Å². The summed E-state index contributed by atoms with van der Waals surface area (Å²) in [4.78, 5) is 10.2. The molecule has 0 aliphatic rings. The van der Waals surface area contributed by atoms with E-state index in [1.165, 1.54) is 6.08 Å². The summed E-state index contributed by atoms with van der Waals surface area (Å²) in [5, 5.41) is 8.39. The third-order valence-corrected chi connectivity index (χ3v) is 1.02. The van der Waals surface area contributed by atoms with Crippen LogP contribution in [0.15, 0.2) is 25.3 Å². The first kappa shape index (κ1) is 7.95. The number of rotatable bonds is 4. The lowest BCUT2D eigenvalue weighted by Gasteiger charge is -1.99. The Balaban J connectivity index is 3.81. The Hall–Kier alpha value is -1.05. The molecule has 0 radical (unpaired) electrons. The highest BCUT2D eigenvalue weighted by Gasteiger charge is 2.09. The molecule has 0 saturated heterocycles. The molecule has 0 aromatic rings. The lowest BCUT2D eigenvalue weighted by atomic mass is 10.1. The summed E-state index contributed by atoms with van der Waals surface area (Å²) in [7, 11) is 0. The Labute approximate surface area is 54.5 Å². The number of hydrogen-bond acceptors (Lipinski definition) is 1. The fourth-order valence-corrected chi connectivity index (χ4v) is 0.477. The maximum absolute atomic E-state index is 10.2. The van der Waals surface area contributed by atoms with Crippen LogP contribution in [0.4, 0.5) is 0 Å². The zero-order valence-corrected chi connectivity index (χ0v) is 5.21. The molecule has 2 heteroatoms. The molecule has 1 N–H and O–H groups in total. The normalized spacial score (nSPS) is 12.0. The van der Waals surface area contributed by atoms with E-state index in [2.05, 4.69) is 13.2 Å². The van der Waals surface area contributed by atoms with Gasteiger partial charge in [0.1, 0.15) is 0 Å². The summed E-state index contributed by atoms with van der Waals surface area (Å²) in [6, 6.07) is 0. The van der Waals surface area contributed by atoms with Crippen molar-refractivity contribution in [1.82, 2.24) is 0 Å². The molecule has 0 rings (SSSR count). The van der Waals surface area contributed by atoms with E-state index in [0.717, 1.165) is 0 Å². The first-order valence-corrected chi connectivity index (χ1v) is 2.68. The molecule has 0 bridgehead atoms. The van der Waals surface area contributed by atoms with Crippen LogP contribution in [-0.2, 0) is 4.79 Å². The molecule has 0 aliphatic carbocycles. The van der Waals surface area contributed by atoms with Gasteiger partial charge in [-0.15, -0.1) is 13.2 Å². The van der Waals surface area contributed by atoms with Crippen molar-refractivity contribution in [3.05, 3.63) is 25.3 Å².